The van der Waals surface area contributed by atoms with Gasteiger partial charge in [0, 0.05) is 60.6 Å². The van der Waals surface area contributed by atoms with Crippen LogP contribution in [0.1, 0.15) is 62.4 Å². The summed E-state index contributed by atoms with van der Waals surface area (Å²) in [6.45, 7) is 6.65. The van der Waals surface area contributed by atoms with Gasteiger partial charge in [-0.25, -0.2) is 10.2 Å². The zero-order valence-corrected chi connectivity index (χ0v) is 26.9. The molecule has 12 nitrogen and oxygen atoms in total. The number of thiophene rings is 1. The lowest BCUT2D eigenvalue weighted by atomic mass is 10.1. The standard InChI is InChI=1S/C33H33N5O5S.CHNO/c1-4-23-7-13-27(14-8-23)38(43)22-31-26(20-36(41)28-15-9-24(10-16-28)32(39)34-5-2)19-30(44-31)21-37(42)29-17-11-25(12-18-29)33(40)35-6-3;2-1-3/h7-22H,4-6H2,1-3H3,(H,34,39)(H,35,40);2H/b36-20-,37-21-,38-22-;. The van der Waals surface area contributed by atoms with Gasteiger partial charge in [0.1, 0.15) is 4.88 Å². The molecule has 3 aromatic carbocycles. The van der Waals surface area contributed by atoms with Gasteiger partial charge in [0.25, 0.3) is 11.8 Å². The Morgan fingerprint density at radius 1 is 0.723 bits per heavy atom. The summed E-state index contributed by atoms with van der Waals surface area (Å²) in [7, 11) is 0. The molecule has 0 fully saturated rings. The van der Waals surface area contributed by atoms with Crippen LogP contribution >= 0.6 is 11.3 Å². The van der Waals surface area contributed by atoms with E-state index in [0.29, 0.717) is 60.4 Å². The molecule has 1 aromatic heterocycles. The smallest absolute Gasteiger partial charge is 0.251 e. The lowest BCUT2D eigenvalue weighted by molar-refractivity contribution is -0.355. The fourth-order valence-electron chi connectivity index (χ4n) is 4.20. The number of rotatable bonds is 11. The minimum absolute atomic E-state index is 0.230. The van der Waals surface area contributed by atoms with Crippen molar-refractivity contribution in [1.29, 1.82) is 5.41 Å². The summed E-state index contributed by atoms with van der Waals surface area (Å²) in [5, 5.41) is 50.0. The Morgan fingerprint density at radius 3 is 1.55 bits per heavy atom. The van der Waals surface area contributed by atoms with Crippen molar-refractivity contribution in [2.75, 3.05) is 13.1 Å². The first kappa shape index (κ1) is 35.6. The van der Waals surface area contributed by atoms with Crippen molar-refractivity contribution in [3.63, 3.8) is 0 Å². The number of hydrogen-bond acceptors (Lipinski definition) is 8. The van der Waals surface area contributed by atoms with Gasteiger partial charge < -0.3 is 26.3 Å². The van der Waals surface area contributed by atoms with Crippen molar-refractivity contribution in [3.8, 4) is 0 Å². The highest BCUT2D eigenvalue weighted by Crippen LogP contribution is 2.23. The Kier molecular flexibility index (Phi) is 13.3. The molecular weight excluding hydrogens is 620 g/mol. The van der Waals surface area contributed by atoms with Crippen LogP contribution in [0.5, 0.6) is 0 Å². The molecule has 0 atom stereocenters. The molecule has 0 radical (unpaired) electrons. The molecule has 0 aliphatic heterocycles. The van der Waals surface area contributed by atoms with Crippen molar-refractivity contribution in [1.82, 2.24) is 10.6 Å². The first-order chi connectivity index (χ1) is 22.6. The average molecular weight is 655 g/mol. The van der Waals surface area contributed by atoms with Crippen LogP contribution in [-0.2, 0) is 11.2 Å². The molecule has 0 aliphatic rings. The number of aryl methyl sites for hydroxylation is 1. The zero-order chi connectivity index (χ0) is 34.3. The maximum atomic E-state index is 13.1. The SMILES string of the molecule is CCNC(=O)c1ccc(/[N+]([O-])=C/c2cc(/C=[N+](\[O-])c3ccc(C(=O)NCC)cc3)c(/C=[N+](\[O-])c3ccc(CC)cc3)s2)cc1.N=C=O. The molecule has 0 spiro atoms. The molecule has 3 N–H and O–H groups in total. The molecule has 0 aliphatic carbocycles. The van der Waals surface area contributed by atoms with Crippen LogP contribution in [0.3, 0.4) is 0 Å². The number of amides is 2. The van der Waals surface area contributed by atoms with Crippen molar-refractivity contribution in [3.05, 3.63) is 126 Å². The molecular formula is C34H34N6O6S. The van der Waals surface area contributed by atoms with Crippen molar-refractivity contribution < 1.29 is 28.6 Å². The number of carbonyl (C=O) groups is 2. The third kappa shape index (κ3) is 10.0. The monoisotopic (exact) mass is 654 g/mol. The average Bonchev–Trinajstić information content (AvgIpc) is 3.44. The Bertz CT molecular complexity index is 1810. The topological polar surface area (TPSA) is 177 Å². The second-order valence-electron chi connectivity index (χ2n) is 9.77. The minimum Gasteiger partial charge on any atom is -0.618 e. The largest absolute Gasteiger partial charge is 0.618 e. The van der Waals surface area contributed by atoms with Crippen LogP contribution in [0.2, 0.25) is 0 Å². The Hall–Kier alpha value is -5.91. The Balaban J connectivity index is 0.00000192. The van der Waals surface area contributed by atoms with Crippen LogP contribution in [0.15, 0.2) is 78.9 Å². The highest BCUT2D eigenvalue weighted by Gasteiger charge is 2.16. The molecule has 242 valence electrons. The summed E-state index contributed by atoms with van der Waals surface area (Å²) in [5.41, 5.74) is 3.40. The summed E-state index contributed by atoms with van der Waals surface area (Å²) in [6, 6.07) is 21.3. The summed E-state index contributed by atoms with van der Waals surface area (Å²) >= 11 is 1.17. The van der Waals surface area contributed by atoms with E-state index in [1.807, 2.05) is 32.9 Å². The summed E-state index contributed by atoms with van der Waals surface area (Å²) in [6.07, 6.45) is 5.64. The lowest BCUT2D eigenvalue weighted by Gasteiger charge is -2.05. The maximum Gasteiger partial charge on any atom is 0.251 e. The third-order valence-corrected chi connectivity index (χ3v) is 7.61. The molecule has 4 rings (SSSR count). The van der Waals surface area contributed by atoms with Gasteiger partial charge in [0.15, 0.2) is 18.6 Å². The van der Waals surface area contributed by atoms with E-state index in [9.17, 15) is 25.2 Å². The molecule has 0 saturated heterocycles. The van der Waals surface area contributed by atoms with Crippen molar-refractivity contribution in [2.45, 2.75) is 27.2 Å². The maximum absolute atomic E-state index is 13.1. The molecule has 0 saturated carbocycles. The van der Waals surface area contributed by atoms with E-state index < -0.39 is 0 Å². The van der Waals surface area contributed by atoms with Gasteiger partial charge in [-0.1, -0.05) is 19.1 Å². The summed E-state index contributed by atoms with van der Waals surface area (Å²) < 4.78 is 2.02. The predicted octanol–water partition coefficient (Wildman–Crippen LogP) is 5.49. The van der Waals surface area contributed by atoms with Crippen LogP contribution in [0.25, 0.3) is 0 Å². The summed E-state index contributed by atoms with van der Waals surface area (Å²) in [4.78, 5) is 33.4. The first-order valence-corrected chi connectivity index (χ1v) is 15.4. The Morgan fingerprint density at radius 2 is 1.13 bits per heavy atom. The molecule has 0 unspecified atom stereocenters. The normalized spacial score (nSPS) is 11.6. The van der Waals surface area contributed by atoms with Gasteiger partial charge >= 0.3 is 0 Å². The zero-order valence-electron chi connectivity index (χ0n) is 26.1. The van der Waals surface area contributed by atoms with E-state index in [0.717, 1.165) is 22.8 Å². The summed E-state index contributed by atoms with van der Waals surface area (Å²) in [5.74, 6) is -0.467. The second kappa shape index (κ2) is 17.5. The molecule has 0 bridgehead atoms. The molecule has 4 aromatic rings. The van der Waals surface area contributed by atoms with Crippen molar-refractivity contribution in [2.24, 2.45) is 0 Å². The van der Waals surface area contributed by atoms with Crippen LogP contribution in [0, 0.1) is 21.0 Å². The van der Waals surface area contributed by atoms with Crippen LogP contribution in [0.4, 0.5) is 17.1 Å². The fraction of sp³-hybridized carbons (Fsp3) is 0.176. The lowest BCUT2D eigenvalue weighted by Crippen LogP contribution is -2.22. The predicted molar refractivity (Wildman–Crippen MR) is 183 cm³/mol. The van der Waals surface area contributed by atoms with Gasteiger partial charge in [-0.3, -0.25) is 9.59 Å². The van der Waals surface area contributed by atoms with E-state index in [1.165, 1.54) is 42.1 Å². The number of nitrogens with zero attached hydrogens (tertiary/aromatic N) is 3. The van der Waals surface area contributed by atoms with Crippen LogP contribution < -0.4 is 10.6 Å². The number of benzene rings is 3. The van der Waals surface area contributed by atoms with Gasteiger partial charge in [-0.2, -0.15) is 14.2 Å². The fourth-order valence-corrected chi connectivity index (χ4v) is 5.17. The molecule has 13 heteroatoms. The molecule has 47 heavy (non-hydrogen) atoms. The van der Waals surface area contributed by atoms with E-state index in [4.69, 9.17) is 10.2 Å². The van der Waals surface area contributed by atoms with E-state index in [2.05, 4.69) is 10.6 Å². The second-order valence-corrected chi connectivity index (χ2v) is 10.9. The number of nitrogens with one attached hydrogen (secondary N) is 3. The van der Waals surface area contributed by atoms with Gasteiger partial charge in [0.05, 0.1) is 10.4 Å². The number of isocyanates is 1. The highest BCUT2D eigenvalue weighted by atomic mass is 32.1. The highest BCUT2D eigenvalue weighted by molar-refractivity contribution is 7.15. The Labute approximate surface area is 275 Å². The third-order valence-electron chi connectivity index (χ3n) is 6.59. The van der Waals surface area contributed by atoms with E-state index in [1.54, 1.807) is 54.6 Å². The van der Waals surface area contributed by atoms with Gasteiger partial charge in [-0.15, -0.1) is 11.3 Å². The molecule has 1 heterocycles. The van der Waals surface area contributed by atoms with Gasteiger partial charge in [-0.05, 0) is 56.2 Å². The van der Waals surface area contributed by atoms with E-state index in [-0.39, 0.29) is 17.5 Å². The van der Waals surface area contributed by atoms with Crippen molar-refractivity contribution >= 4 is 64.9 Å². The van der Waals surface area contributed by atoms with E-state index >= 15 is 0 Å². The number of hydrogen-bond donors (Lipinski definition) is 3. The minimum atomic E-state index is -0.237. The molecule has 2 amide bonds. The first-order valence-electron chi connectivity index (χ1n) is 14.6. The van der Waals surface area contributed by atoms with Crippen LogP contribution in [-0.4, -0.2) is 63.8 Å². The quantitative estimate of drug-likeness (QED) is 0.0633. The number of carbonyl (C=O) groups excluding carboxylic acids is 3. The van der Waals surface area contributed by atoms with Gasteiger partial charge in [0.2, 0.25) is 23.1 Å².